The predicted molar refractivity (Wildman–Crippen MR) is 143 cm³/mol. The number of aliphatic hydroxyl groups excluding tert-OH is 2. The van der Waals surface area contributed by atoms with Crippen LogP contribution in [0.15, 0.2) is 54.1 Å². The third-order valence-electron chi connectivity index (χ3n) is 5.97. The number of nitriles is 1. The molecule has 36 heavy (non-hydrogen) atoms. The Hall–Kier alpha value is -3.26. The van der Waals surface area contributed by atoms with Gasteiger partial charge in [0.15, 0.2) is 0 Å². The zero-order valence-electron chi connectivity index (χ0n) is 19.9. The van der Waals surface area contributed by atoms with E-state index in [0.29, 0.717) is 0 Å². The highest BCUT2D eigenvalue weighted by molar-refractivity contribution is 7.16. The maximum Gasteiger partial charge on any atom is 0.262 e. The number of benzene rings is 2. The summed E-state index contributed by atoms with van der Waals surface area (Å²) in [6, 6.07) is 18.4. The Bertz CT molecular complexity index is 1260. The first-order valence-corrected chi connectivity index (χ1v) is 12.7. The van der Waals surface area contributed by atoms with Crippen LogP contribution < -0.4 is 10.6 Å². The molecule has 3 aromatic rings. The number of nitrogens with one attached hydrogen (secondary N) is 2. The quantitative estimate of drug-likeness (QED) is 0.247. The van der Waals surface area contributed by atoms with Gasteiger partial charge in [-0.05, 0) is 52.7 Å². The summed E-state index contributed by atoms with van der Waals surface area (Å²) in [4.78, 5) is 16.4. The average molecular weight is 507 g/mol. The van der Waals surface area contributed by atoms with Crippen molar-refractivity contribution in [1.29, 1.82) is 5.26 Å². The molecule has 0 aliphatic carbocycles. The number of carbonyl (C=O) groups excluding carboxylic acids is 1. The van der Waals surface area contributed by atoms with Crippen LogP contribution in [0, 0.1) is 11.3 Å². The number of fused-ring (bicyclic) bond motifs is 1. The molecule has 1 aromatic heterocycles. The summed E-state index contributed by atoms with van der Waals surface area (Å²) < 4.78 is 5.40. The molecule has 1 atom stereocenters. The lowest BCUT2D eigenvalue weighted by Crippen LogP contribution is -2.38. The van der Waals surface area contributed by atoms with E-state index in [9.17, 15) is 15.2 Å². The number of morpholine rings is 1. The number of hydrogen-bond acceptors (Lipinski definition) is 8. The third kappa shape index (κ3) is 6.91. The van der Waals surface area contributed by atoms with Gasteiger partial charge in [-0.1, -0.05) is 18.2 Å². The molecule has 4 N–H and O–H groups in total. The van der Waals surface area contributed by atoms with E-state index in [4.69, 9.17) is 9.84 Å². The number of amides is 1. The average Bonchev–Trinajstić information content (AvgIpc) is 3.39. The molecule has 1 aliphatic rings. The highest BCUT2D eigenvalue weighted by Crippen LogP contribution is 2.32. The van der Waals surface area contributed by atoms with Crippen molar-refractivity contribution in [1.82, 2.24) is 10.2 Å². The molecule has 0 spiro atoms. The van der Waals surface area contributed by atoms with Crippen LogP contribution in [-0.4, -0.2) is 79.7 Å². The molecule has 9 heteroatoms. The molecule has 2 heterocycles. The van der Waals surface area contributed by atoms with Gasteiger partial charge in [-0.3, -0.25) is 9.69 Å². The van der Waals surface area contributed by atoms with Crippen LogP contribution in [0.3, 0.4) is 0 Å². The van der Waals surface area contributed by atoms with E-state index >= 15 is 0 Å². The highest BCUT2D eigenvalue weighted by atomic mass is 32.1. The van der Waals surface area contributed by atoms with Crippen LogP contribution in [-0.2, 0) is 9.53 Å². The normalized spacial score (nSPS) is 15.4. The molecular weight excluding hydrogens is 476 g/mol. The second-order valence-corrected chi connectivity index (χ2v) is 9.69. The fourth-order valence-corrected chi connectivity index (χ4v) is 4.89. The minimum Gasteiger partial charge on any atom is -0.394 e. The van der Waals surface area contributed by atoms with Crippen LogP contribution in [0.2, 0.25) is 0 Å². The Labute approximate surface area is 214 Å². The van der Waals surface area contributed by atoms with Crippen molar-refractivity contribution in [2.75, 3.05) is 57.9 Å². The van der Waals surface area contributed by atoms with Crippen LogP contribution in [0.25, 0.3) is 27.3 Å². The van der Waals surface area contributed by atoms with Gasteiger partial charge in [-0.2, -0.15) is 5.26 Å². The lowest BCUT2D eigenvalue weighted by atomic mass is 10.1. The molecule has 0 bridgehead atoms. The molecule has 4 rings (SSSR count). The molecule has 1 fully saturated rings. The van der Waals surface area contributed by atoms with Crippen molar-refractivity contribution in [3.63, 3.8) is 0 Å². The van der Waals surface area contributed by atoms with Gasteiger partial charge in [-0.25, -0.2) is 0 Å². The van der Waals surface area contributed by atoms with Crippen molar-refractivity contribution in [3.05, 3.63) is 59.0 Å². The first kappa shape index (κ1) is 25.8. The summed E-state index contributed by atoms with van der Waals surface area (Å²) in [5.41, 5.74) is 2.11. The third-order valence-corrected chi connectivity index (χ3v) is 7.05. The molecule has 0 radical (unpaired) electrons. The van der Waals surface area contributed by atoms with Gasteiger partial charge < -0.3 is 25.6 Å². The second kappa shape index (κ2) is 12.6. The standard InChI is InChI=1S/C27H30N4O4S/c28-16-22(27(34)30-17-24(33)18-32)15-25-5-6-26(36-25)21-2-1-20-14-23(4-3-19(20)13-21)29-7-8-31-9-11-35-12-10-31/h1-6,13-15,24,29,32-33H,7-12,17-18H2,(H,30,34)/b22-15+. The van der Waals surface area contributed by atoms with E-state index in [1.807, 2.05) is 18.2 Å². The summed E-state index contributed by atoms with van der Waals surface area (Å²) in [5, 5.41) is 35.9. The van der Waals surface area contributed by atoms with Crippen molar-refractivity contribution < 1.29 is 19.7 Å². The molecule has 188 valence electrons. The topological polar surface area (TPSA) is 118 Å². The zero-order valence-corrected chi connectivity index (χ0v) is 20.8. The van der Waals surface area contributed by atoms with E-state index in [1.165, 1.54) is 17.4 Å². The lowest BCUT2D eigenvalue weighted by molar-refractivity contribution is -0.117. The van der Waals surface area contributed by atoms with E-state index < -0.39 is 18.6 Å². The predicted octanol–water partition coefficient (Wildman–Crippen LogP) is 2.69. The van der Waals surface area contributed by atoms with E-state index in [1.54, 1.807) is 0 Å². The van der Waals surface area contributed by atoms with Crippen molar-refractivity contribution >= 4 is 39.8 Å². The Balaban J connectivity index is 1.40. The Morgan fingerprint density at radius 3 is 2.72 bits per heavy atom. The smallest absolute Gasteiger partial charge is 0.262 e. The fraction of sp³-hybridized carbons (Fsp3) is 0.333. The monoisotopic (exact) mass is 506 g/mol. The van der Waals surface area contributed by atoms with Crippen molar-refractivity contribution in [2.45, 2.75) is 6.10 Å². The molecule has 2 aromatic carbocycles. The van der Waals surface area contributed by atoms with E-state index in [2.05, 4.69) is 51.9 Å². The molecule has 8 nitrogen and oxygen atoms in total. The van der Waals surface area contributed by atoms with Crippen molar-refractivity contribution in [3.8, 4) is 16.5 Å². The number of thiophene rings is 1. The molecule has 1 aliphatic heterocycles. The van der Waals surface area contributed by atoms with Crippen LogP contribution in [0.1, 0.15) is 4.88 Å². The second-order valence-electron chi connectivity index (χ2n) is 8.58. The Morgan fingerprint density at radius 2 is 1.94 bits per heavy atom. The number of aliphatic hydroxyl groups is 2. The SMILES string of the molecule is N#C/C(=C\c1ccc(-c2ccc3cc(NCCN4CCOCC4)ccc3c2)s1)C(=O)NCC(O)CO. The van der Waals surface area contributed by atoms with Crippen molar-refractivity contribution in [2.24, 2.45) is 0 Å². The van der Waals surface area contributed by atoms with Gasteiger partial charge in [0.2, 0.25) is 0 Å². The van der Waals surface area contributed by atoms with Gasteiger partial charge in [0.25, 0.3) is 5.91 Å². The van der Waals surface area contributed by atoms with Crippen LogP contribution >= 0.6 is 11.3 Å². The minimum atomic E-state index is -1.06. The number of nitrogens with zero attached hydrogens (tertiary/aromatic N) is 2. The van der Waals surface area contributed by atoms with Crippen LogP contribution in [0.5, 0.6) is 0 Å². The lowest BCUT2D eigenvalue weighted by Gasteiger charge is -2.26. The van der Waals surface area contributed by atoms with Gasteiger partial charge in [0.05, 0.1) is 25.9 Å². The molecular formula is C27H30N4O4S. The molecule has 1 amide bonds. The van der Waals surface area contributed by atoms with Gasteiger partial charge in [0.1, 0.15) is 11.6 Å². The maximum atomic E-state index is 12.2. The fourth-order valence-electron chi connectivity index (χ4n) is 3.94. The first-order valence-electron chi connectivity index (χ1n) is 11.9. The van der Waals surface area contributed by atoms with Crippen LogP contribution in [0.4, 0.5) is 5.69 Å². The Morgan fingerprint density at radius 1 is 1.17 bits per heavy atom. The summed E-state index contributed by atoms with van der Waals surface area (Å²) in [6.45, 7) is 4.90. The van der Waals surface area contributed by atoms with Gasteiger partial charge in [-0.15, -0.1) is 11.3 Å². The number of carbonyl (C=O) groups is 1. The highest BCUT2D eigenvalue weighted by Gasteiger charge is 2.13. The number of rotatable bonds is 10. The largest absolute Gasteiger partial charge is 0.394 e. The summed E-state index contributed by atoms with van der Waals surface area (Å²) >= 11 is 1.49. The minimum absolute atomic E-state index is 0.0549. The first-order chi connectivity index (χ1) is 17.6. The zero-order chi connectivity index (χ0) is 25.3. The molecule has 0 saturated carbocycles. The number of anilines is 1. The maximum absolute atomic E-state index is 12.2. The van der Waals surface area contributed by atoms with Gasteiger partial charge in [0, 0.05) is 48.2 Å². The molecule has 1 saturated heterocycles. The van der Waals surface area contributed by atoms with E-state index in [-0.39, 0.29) is 12.1 Å². The summed E-state index contributed by atoms with van der Waals surface area (Å²) in [5.74, 6) is -0.583. The Kier molecular flexibility index (Phi) is 9.06. The number of hydrogen-bond donors (Lipinski definition) is 4. The van der Waals surface area contributed by atoms with Gasteiger partial charge >= 0.3 is 0 Å². The number of ether oxygens (including phenoxy) is 1. The summed E-state index contributed by atoms with van der Waals surface area (Å²) in [7, 11) is 0. The molecule has 1 unspecified atom stereocenters. The summed E-state index contributed by atoms with van der Waals surface area (Å²) in [6.07, 6.45) is 0.474. The van der Waals surface area contributed by atoms with E-state index in [0.717, 1.165) is 71.2 Å².